The third-order valence-corrected chi connectivity index (χ3v) is 7.69. The van der Waals surface area contributed by atoms with E-state index in [4.69, 9.17) is 9.26 Å². The Kier molecular flexibility index (Phi) is 4.86. The Morgan fingerprint density at radius 2 is 2.14 bits per heavy atom. The molecule has 1 amide bonds. The minimum Gasteiger partial charge on any atom is -0.497 e. The molecule has 0 N–H and O–H groups in total. The van der Waals surface area contributed by atoms with Crippen molar-refractivity contribution in [2.24, 2.45) is 5.92 Å². The molecule has 1 aromatic heterocycles. The molecule has 2 aliphatic rings. The van der Waals surface area contributed by atoms with Crippen molar-refractivity contribution in [3.63, 3.8) is 0 Å². The van der Waals surface area contributed by atoms with Crippen LogP contribution in [0.15, 0.2) is 28.8 Å². The van der Waals surface area contributed by atoms with Crippen molar-refractivity contribution in [3.05, 3.63) is 41.5 Å². The molecule has 0 bridgehead atoms. The third-order valence-electron chi connectivity index (χ3n) is 5.89. The second kappa shape index (κ2) is 7.10. The fraction of sp³-hybridized carbons (Fsp3) is 0.526. The van der Waals surface area contributed by atoms with E-state index in [0.717, 1.165) is 0 Å². The molecule has 10 heteroatoms. The van der Waals surface area contributed by atoms with Crippen molar-refractivity contribution >= 4 is 15.9 Å². The van der Waals surface area contributed by atoms with Crippen molar-refractivity contribution < 1.29 is 22.5 Å². The molecule has 2 fully saturated rings. The van der Waals surface area contributed by atoms with Crippen molar-refractivity contribution in [2.75, 3.05) is 39.0 Å². The summed E-state index contributed by atoms with van der Waals surface area (Å²) >= 11 is 0. The number of likely N-dealkylation sites (tertiary alicyclic amines) is 1. The number of aryl methyl sites for hydroxylation is 1. The van der Waals surface area contributed by atoms with E-state index in [9.17, 15) is 13.2 Å². The number of sulfonamides is 1. The average Bonchev–Trinajstić information content (AvgIpc) is 3.40. The summed E-state index contributed by atoms with van der Waals surface area (Å²) in [6, 6.07) is 7.01. The van der Waals surface area contributed by atoms with Crippen LogP contribution in [-0.2, 0) is 15.4 Å². The van der Waals surface area contributed by atoms with Crippen LogP contribution in [0.5, 0.6) is 5.75 Å². The zero-order valence-electron chi connectivity index (χ0n) is 16.7. The lowest BCUT2D eigenvalue weighted by atomic mass is 9.81. The Morgan fingerprint density at radius 1 is 1.34 bits per heavy atom. The maximum atomic E-state index is 13.1. The first kappa shape index (κ1) is 19.8. The summed E-state index contributed by atoms with van der Waals surface area (Å²) < 4.78 is 37.2. The number of methoxy groups -OCH3 is 1. The number of hydrogen-bond acceptors (Lipinski definition) is 7. The van der Waals surface area contributed by atoms with Gasteiger partial charge in [-0.3, -0.25) is 4.79 Å². The normalized spacial score (nSPS) is 24.7. The average molecular weight is 420 g/mol. The van der Waals surface area contributed by atoms with Crippen LogP contribution < -0.4 is 4.74 Å². The second-order valence-corrected chi connectivity index (χ2v) is 9.87. The monoisotopic (exact) mass is 420 g/mol. The van der Waals surface area contributed by atoms with Crippen molar-refractivity contribution in [1.29, 1.82) is 0 Å². The maximum Gasteiger partial charge on any atom is 0.254 e. The molecule has 2 aliphatic heterocycles. The Balaban J connectivity index is 1.66. The van der Waals surface area contributed by atoms with E-state index in [-0.39, 0.29) is 24.1 Å². The molecule has 156 valence electrons. The van der Waals surface area contributed by atoms with Crippen LogP contribution in [0, 0.1) is 12.8 Å². The van der Waals surface area contributed by atoms with Crippen LogP contribution in [0.25, 0.3) is 0 Å². The summed E-state index contributed by atoms with van der Waals surface area (Å²) in [6.07, 6.45) is 0. The number of fused-ring (bicyclic) bond motifs is 1. The highest BCUT2D eigenvalue weighted by Gasteiger charge is 2.59. The molecule has 0 spiro atoms. The summed E-state index contributed by atoms with van der Waals surface area (Å²) in [7, 11) is -1.80. The molecular formula is C19H24N4O5S. The molecule has 2 unspecified atom stereocenters. The van der Waals surface area contributed by atoms with Gasteiger partial charge < -0.3 is 14.2 Å². The number of hydrogen-bond donors (Lipinski definition) is 0. The molecule has 9 nitrogen and oxygen atoms in total. The number of amides is 1. The number of carbonyl (C=O) groups is 1. The van der Waals surface area contributed by atoms with Gasteiger partial charge in [0, 0.05) is 37.7 Å². The first-order valence-corrected chi connectivity index (χ1v) is 11.1. The second-order valence-electron chi connectivity index (χ2n) is 7.61. The van der Waals surface area contributed by atoms with Crippen LogP contribution in [0.2, 0.25) is 0 Å². The molecule has 3 heterocycles. The van der Waals surface area contributed by atoms with Gasteiger partial charge in [0.25, 0.3) is 5.91 Å². The predicted molar refractivity (Wildman–Crippen MR) is 104 cm³/mol. The van der Waals surface area contributed by atoms with E-state index < -0.39 is 15.4 Å². The number of aromatic nitrogens is 2. The van der Waals surface area contributed by atoms with Gasteiger partial charge >= 0.3 is 0 Å². The molecule has 29 heavy (non-hydrogen) atoms. The molecule has 0 saturated carbocycles. The van der Waals surface area contributed by atoms with Gasteiger partial charge in [0.05, 0.1) is 18.3 Å². The van der Waals surface area contributed by atoms with Gasteiger partial charge in [-0.05, 0) is 32.0 Å². The Hall–Kier alpha value is -2.46. The molecule has 2 atom stereocenters. The first-order valence-electron chi connectivity index (χ1n) is 9.51. The van der Waals surface area contributed by atoms with Gasteiger partial charge in [-0.1, -0.05) is 11.2 Å². The van der Waals surface area contributed by atoms with Gasteiger partial charge in [0.2, 0.25) is 15.9 Å². The zero-order chi connectivity index (χ0) is 20.8. The van der Waals surface area contributed by atoms with E-state index in [0.29, 0.717) is 42.7 Å². The number of nitrogens with zero attached hydrogens (tertiary/aromatic N) is 4. The standard InChI is InChI=1S/C19H24N4O5S/c1-4-29(25,26)23-10-15-9-22(17(24)14-6-5-7-16(8-14)27-3)11-19(15,12-23)18-20-13(2)21-28-18/h5-8,15H,4,9-12H2,1-3H3. The van der Waals surface area contributed by atoms with Crippen LogP contribution in [0.3, 0.4) is 0 Å². The summed E-state index contributed by atoms with van der Waals surface area (Å²) in [6.45, 7) is 4.67. The maximum absolute atomic E-state index is 13.1. The van der Waals surface area contributed by atoms with E-state index in [1.54, 1.807) is 50.1 Å². The quantitative estimate of drug-likeness (QED) is 0.712. The first-order chi connectivity index (χ1) is 13.8. The molecule has 0 aliphatic carbocycles. The molecule has 1 aromatic carbocycles. The zero-order valence-corrected chi connectivity index (χ0v) is 17.5. The number of rotatable bonds is 5. The van der Waals surface area contributed by atoms with Gasteiger partial charge in [0.1, 0.15) is 5.75 Å². The number of benzene rings is 1. The smallest absolute Gasteiger partial charge is 0.254 e. The Bertz CT molecular complexity index is 1040. The Labute approximate surface area is 169 Å². The highest BCUT2D eigenvalue weighted by Crippen LogP contribution is 2.45. The van der Waals surface area contributed by atoms with Gasteiger partial charge in [-0.2, -0.15) is 4.98 Å². The van der Waals surface area contributed by atoms with Crippen molar-refractivity contribution in [1.82, 2.24) is 19.3 Å². The topological polar surface area (TPSA) is 106 Å². The minimum atomic E-state index is -3.35. The molecule has 0 radical (unpaired) electrons. The van der Waals surface area contributed by atoms with Crippen LogP contribution in [0.4, 0.5) is 0 Å². The molecule has 2 saturated heterocycles. The number of carbonyl (C=O) groups excluding carboxylic acids is 1. The van der Waals surface area contributed by atoms with Gasteiger partial charge in [0.15, 0.2) is 5.82 Å². The van der Waals surface area contributed by atoms with E-state index in [1.807, 2.05) is 0 Å². The predicted octanol–water partition coefficient (Wildman–Crippen LogP) is 1.06. The van der Waals surface area contributed by atoms with Crippen LogP contribution in [-0.4, -0.2) is 72.7 Å². The van der Waals surface area contributed by atoms with Gasteiger partial charge in [-0.25, -0.2) is 12.7 Å². The summed E-state index contributed by atoms with van der Waals surface area (Å²) in [4.78, 5) is 19.3. The lowest BCUT2D eigenvalue weighted by Crippen LogP contribution is -2.41. The largest absolute Gasteiger partial charge is 0.497 e. The number of ether oxygens (including phenoxy) is 1. The fourth-order valence-corrected chi connectivity index (χ4v) is 5.51. The van der Waals surface area contributed by atoms with Crippen molar-refractivity contribution in [2.45, 2.75) is 19.3 Å². The minimum absolute atomic E-state index is 0.0329. The van der Waals surface area contributed by atoms with Crippen molar-refractivity contribution in [3.8, 4) is 5.75 Å². The van der Waals surface area contributed by atoms with E-state index in [2.05, 4.69) is 10.1 Å². The highest BCUT2D eigenvalue weighted by atomic mass is 32.2. The third kappa shape index (κ3) is 3.29. The molecular weight excluding hydrogens is 396 g/mol. The van der Waals surface area contributed by atoms with E-state index in [1.165, 1.54) is 4.31 Å². The lowest BCUT2D eigenvalue weighted by Gasteiger charge is -2.25. The fourth-order valence-electron chi connectivity index (χ4n) is 4.31. The lowest BCUT2D eigenvalue weighted by molar-refractivity contribution is 0.0772. The summed E-state index contributed by atoms with van der Waals surface area (Å²) in [5.41, 5.74) is -0.169. The highest BCUT2D eigenvalue weighted by molar-refractivity contribution is 7.89. The molecule has 4 rings (SSSR count). The van der Waals surface area contributed by atoms with Crippen LogP contribution in [0.1, 0.15) is 29.0 Å². The molecule has 2 aromatic rings. The Morgan fingerprint density at radius 3 is 2.79 bits per heavy atom. The van der Waals surface area contributed by atoms with Gasteiger partial charge in [-0.15, -0.1) is 0 Å². The van der Waals surface area contributed by atoms with E-state index >= 15 is 0 Å². The van der Waals surface area contributed by atoms with Crippen LogP contribution >= 0.6 is 0 Å². The summed E-state index contributed by atoms with van der Waals surface area (Å²) in [5, 5.41) is 3.90. The summed E-state index contributed by atoms with van der Waals surface area (Å²) in [5.74, 6) is 1.29. The SMILES string of the molecule is CCS(=O)(=O)N1CC2CN(C(=O)c3cccc(OC)c3)CC2(c2nc(C)no2)C1.